The molecule has 0 atom stereocenters. The lowest BCUT2D eigenvalue weighted by molar-refractivity contribution is 0.400. The summed E-state index contributed by atoms with van der Waals surface area (Å²) in [4.78, 5) is 4.16. The first kappa shape index (κ1) is 14.5. The van der Waals surface area contributed by atoms with Crippen LogP contribution in [0.25, 0.3) is 0 Å². The molecule has 0 radical (unpaired) electrons. The molecule has 0 bridgehead atoms. The van der Waals surface area contributed by atoms with E-state index in [1.807, 2.05) is 32.0 Å². The van der Waals surface area contributed by atoms with Crippen LogP contribution in [0, 0.1) is 17.1 Å². The van der Waals surface area contributed by atoms with E-state index in [1.165, 1.54) is 6.07 Å². The van der Waals surface area contributed by atoms with Gasteiger partial charge in [0.2, 0.25) is 0 Å². The molecule has 0 saturated carbocycles. The zero-order chi connectivity index (χ0) is 13.5. The van der Waals surface area contributed by atoms with Crippen LogP contribution < -0.4 is 4.90 Å². The van der Waals surface area contributed by atoms with Crippen LogP contribution >= 0.6 is 0 Å². The molecule has 0 unspecified atom stereocenters. The summed E-state index contributed by atoms with van der Waals surface area (Å²) < 4.78 is 13.5. The minimum atomic E-state index is -0.443. The largest absolute Gasteiger partial charge is 0.371 e. The van der Waals surface area contributed by atoms with Gasteiger partial charge < -0.3 is 9.80 Å². The highest BCUT2D eigenvalue weighted by molar-refractivity contribution is 5.59. The van der Waals surface area contributed by atoms with Crippen molar-refractivity contribution in [1.29, 1.82) is 5.26 Å². The number of rotatable bonds is 6. The van der Waals surface area contributed by atoms with Gasteiger partial charge in [-0.15, -0.1) is 0 Å². The molecular formula is C14H20FN3. The van der Waals surface area contributed by atoms with E-state index in [0.717, 1.165) is 26.1 Å². The number of anilines is 1. The van der Waals surface area contributed by atoms with Crippen molar-refractivity contribution in [3.05, 3.63) is 29.6 Å². The Labute approximate surface area is 108 Å². The fraction of sp³-hybridized carbons (Fsp3) is 0.500. The molecule has 0 N–H and O–H groups in total. The summed E-state index contributed by atoms with van der Waals surface area (Å²) >= 11 is 0. The maximum atomic E-state index is 13.5. The second-order valence-electron chi connectivity index (χ2n) is 4.48. The number of nitriles is 1. The Kier molecular flexibility index (Phi) is 5.60. The molecule has 0 aliphatic rings. The summed E-state index contributed by atoms with van der Waals surface area (Å²) in [6, 6.07) is 6.74. The van der Waals surface area contributed by atoms with Gasteiger partial charge in [-0.3, -0.25) is 0 Å². The molecule has 0 amide bonds. The fourth-order valence-electron chi connectivity index (χ4n) is 1.91. The molecule has 0 fully saturated rings. The van der Waals surface area contributed by atoms with Crippen LogP contribution in [0.5, 0.6) is 0 Å². The molecule has 0 saturated heterocycles. The minimum absolute atomic E-state index is 0.143. The monoisotopic (exact) mass is 249 g/mol. The van der Waals surface area contributed by atoms with Crippen LogP contribution in [0.4, 0.5) is 10.1 Å². The fourth-order valence-corrected chi connectivity index (χ4v) is 1.91. The summed E-state index contributed by atoms with van der Waals surface area (Å²) in [7, 11) is 4.05. The standard InChI is InChI=1S/C14H20FN3/c1-4-18(10-6-9-17(2)3)14-8-5-7-13(15)12(14)11-16/h5,7-8H,4,6,9-10H2,1-3H3. The summed E-state index contributed by atoms with van der Waals surface area (Å²) in [5.74, 6) is -0.443. The summed E-state index contributed by atoms with van der Waals surface area (Å²) in [6.07, 6.45) is 0.988. The molecule has 18 heavy (non-hydrogen) atoms. The normalized spacial score (nSPS) is 10.4. The molecule has 0 aromatic heterocycles. The van der Waals surface area contributed by atoms with Crippen LogP contribution in [-0.2, 0) is 0 Å². The quantitative estimate of drug-likeness (QED) is 0.776. The summed E-state index contributed by atoms with van der Waals surface area (Å²) in [6.45, 7) is 4.59. The molecule has 4 heteroatoms. The zero-order valence-corrected chi connectivity index (χ0v) is 11.3. The van der Waals surface area contributed by atoms with Gasteiger partial charge in [-0.25, -0.2) is 4.39 Å². The van der Waals surface area contributed by atoms with Gasteiger partial charge in [0.15, 0.2) is 0 Å². The lowest BCUT2D eigenvalue weighted by Crippen LogP contribution is -2.27. The number of benzene rings is 1. The molecule has 0 aliphatic carbocycles. The Morgan fingerprint density at radius 1 is 1.28 bits per heavy atom. The Morgan fingerprint density at radius 2 is 2.00 bits per heavy atom. The second-order valence-corrected chi connectivity index (χ2v) is 4.48. The van der Waals surface area contributed by atoms with Crippen molar-refractivity contribution in [3.8, 4) is 6.07 Å². The third-order valence-electron chi connectivity index (χ3n) is 2.86. The van der Waals surface area contributed by atoms with E-state index in [1.54, 1.807) is 12.1 Å². The smallest absolute Gasteiger partial charge is 0.143 e. The highest BCUT2D eigenvalue weighted by Gasteiger charge is 2.13. The van der Waals surface area contributed by atoms with Crippen LogP contribution in [0.3, 0.4) is 0 Å². The Morgan fingerprint density at radius 3 is 2.56 bits per heavy atom. The van der Waals surface area contributed by atoms with E-state index in [9.17, 15) is 4.39 Å². The lowest BCUT2D eigenvalue weighted by Gasteiger charge is -2.25. The van der Waals surface area contributed by atoms with E-state index in [2.05, 4.69) is 4.90 Å². The van der Waals surface area contributed by atoms with Crippen molar-refractivity contribution in [2.24, 2.45) is 0 Å². The Hall–Kier alpha value is -1.60. The average Bonchev–Trinajstić information content (AvgIpc) is 2.34. The maximum Gasteiger partial charge on any atom is 0.143 e. The highest BCUT2D eigenvalue weighted by atomic mass is 19.1. The average molecular weight is 249 g/mol. The third-order valence-corrected chi connectivity index (χ3v) is 2.86. The molecular weight excluding hydrogens is 229 g/mol. The first-order valence-corrected chi connectivity index (χ1v) is 6.18. The highest BCUT2D eigenvalue weighted by Crippen LogP contribution is 2.22. The summed E-state index contributed by atoms with van der Waals surface area (Å²) in [5, 5.41) is 9.03. The van der Waals surface area contributed by atoms with Crippen molar-refractivity contribution < 1.29 is 4.39 Å². The van der Waals surface area contributed by atoms with Gasteiger partial charge in [-0.1, -0.05) is 6.07 Å². The van der Waals surface area contributed by atoms with Crippen molar-refractivity contribution in [2.45, 2.75) is 13.3 Å². The van der Waals surface area contributed by atoms with Gasteiger partial charge >= 0.3 is 0 Å². The maximum absolute atomic E-state index is 13.5. The van der Waals surface area contributed by atoms with E-state index < -0.39 is 5.82 Å². The second kappa shape index (κ2) is 6.97. The molecule has 0 aliphatic heterocycles. The van der Waals surface area contributed by atoms with Gasteiger partial charge in [-0.2, -0.15) is 5.26 Å². The van der Waals surface area contributed by atoms with Gasteiger partial charge in [0.1, 0.15) is 17.4 Å². The third kappa shape index (κ3) is 3.71. The SMILES string of the molecule is CCN(CCCN(C)C)c1cccc(F)c1C#N. The van der Waals surface area contributed by atoms with Gasteiger partial charge in [0.05, 0.1) is 5.69 Å². The minimum Gasteiger partial charge on any atom is -0.371 e. The first-order chi connectivity index (χ1) is 8.60. The van der Waals surface area contributed by atoms with Crippen LogP contribution in [-0.4, -0.2) is 38.6 Å². The van der Waals surface area contributed by atoms with E-state index in [-0.39, 0.29) is 5.56 Å². The predicted octanol–water partition coefficient (Wildman–Crippen LogP) is 2.48. The van der Waals surface area contributed by atoms with Gasteiger partial charge in [-0.05, 0) is 46.1 Å². The number of halogens is 1. The lowest BCUT2D eigenvalue weighted by atomic mass is 10.1. The molecule has 1 rings (SSSR count). The summed E-state index contributed by atoms with van der Waals surface area (Å²) in [5.41, 5.74) is 0.836. The topological polar surface area (TPSA) is 30.3 Å². The first-order valence-electron chi connectivity index (χ1n) is 6.18. The molecule has 98 valence electrons. The molecule has 1 aromatic carbocycles. The van der Waals surface area contributed by atoms with Crippen molar-refractivity contribution in [3.63, 3.8) is 0 Å². The van der Waals surface area contributed by atoms with Crippen LogP contribution in [0.1, 0.15) is 18.9 Å². The van der Waals surface area contributed by atoms with E-state index >= 15 is 0 Å². The number of nitrogens with zero attached hydrogens (tertiary/aromatic N) is 3. The van der Waals surface area contributed by atoms with Crippen LogP contribution in [0.15, 0.2) is 18.2 Å². The van der Waals surface area contributed by atoms with Gasteiger partial charge in [0, 0.05) is 13.1 Å². The van der Waals surface area contributed by atoms with Crippen molar-refractivity contribution in [1.82, 2.24) is 4.90 Å². The van der Waals surface area contributed by atoms with Crippen molar-refractivity contribution in [2.75, 3.05) is 38.6 Å². The van der Waals surface area contributed by atoms with E-state index in [0.29, 0.717) is 5.69 Å². The Bertz CT molecular complexity index is 424. The zero-order valence-electron chi connectivity index (χ0n) is 11.3. The van der Waals surface area contributed by atoms with Gasteiger partial charge in [0.25, 0.3) is 0 Å². The number of hydrogen-bond acceptors (Lipinski definition) is 3. The predicted molar refractivity (Wildman–Crippen MR) is 72.2 cm³/mol. The van der Waals surface area contributed by atoms with Crippen LogP contribution in [0.2, 0.25) is 0 Å². The number of hydrogen-bond donors (Lipinski definition) is 0. The Balaban J connectivity index is 2.82. The molecule has 0 heterocycles. The van der Waals surface area contributed by atoms with Crippen molar-refractivity contribution >= 4 is 5.69 Å². The molecule has 3 nitrogen and oxygen atoms in total. The molecule has 1 aromatic rings. The van der Waals surface area contributed by atoms with E-state index in [4.69, 9.17) is 5.26 Å². The molecule has 0 spiro atoms.